The summed E-state index contributed by atoms with van der Waals surface area (Å²) in [6, 6.07) is 3.78. The van der Waals surface area contributed by atoms with Crippen molar-refractivity contribution in [2.75, 3.05) is 26.3 Å². The van der Waals surface area contributed by atoms with E-state index in [1.165, 1.54) is 0 Å². The van der Waals surface area contributed by atoms with Gasteiger partial charge in [-0.15, -0.1) is 12.3 Å². The summed E-state index contributed by atoms with van der Waals surface area (Å²) in [5.74, 6) is 3.87. The third-order valence-electron chi connectivity index (χ3n) is 2.92. The molecule has 1 heterocycles. The van der Waals surface area contributed by atoms with E-state index >= 15 is 0 Å². The van der Waals surface area contributed by atoms with Crippen LogP contribution in [0, 0.1) is 12.3 Å². The molecule has 1 atom stereocenters. The van der Waals surface area contributed by atoms with E-state index in [-0.39, 0.29) is 6.04 Å². The first-order chi connectivity index (χ1) is 9.26. The predicted molar refractivity (Wildman–Crippen MR) is 75.7 cm³/mol. The molecule has 4 nitrogen and oxygen atoms in total. The summed E-state index contributed by atoms with van der Waals surface area (Å²) in [5, 5.41) is 3.84. The van der Waals surface area contributed by atoms with E-state index < -0.39 is 0 Å². The van der Waals surface area contributed by atoms with Gasteiger partial charge in [0.2, 0.25) is 0 Å². The van der Waals surface area contributed by atoms with Crippen molar-refractivity contribution >= 4 is 11.6 Å². The summed E-state index contributed by atoms with van der Waals surface area (Å²) < 4.78 is 11.0. The third-order valence-corrected chi connectivity index (χ3v) is 3.20. The molecule has 0 saturated carbocycles. The van der Waals surface area contributed by atoms with Crippen LogP contribution in [0.5, 0.6) is 11.5 Å². The molecule has 0 radical (unpaired) electrons. The number of nitrogens with two attached hydrogens (primary N) is 1. The highest BCUT2D eigenvalue weighted by Crippen LogP contribution is 2.39. The second kappa shape index (κ2) is 6.67. The van der Waals surface area contributed by atoms with Crippen LogP contribution in [0.25, 0.3) is 0 Å². The Morgan fingerprint density at radius 1 is 1.42 bits per heavy atom. The van der Waals surface area contributed by atoms with Gasteiger partial charge >= 0.3 is 0 Å². The van der Waals surface area contributed by atoms with Crippen LogP contribution >= 0.6 is 11.6 Å². The molecule has 0 fully saturated rings. The fourth-order valence-electron chi connectivity index (χ4n) is 1.99. The fraction of sp³-hybridized carbons (Fsp3) is 0.429. The van der Waals surface area contributed by atoms with Crippen molar-refractivity contribution in [2.24, 2.45) is 5.73 Å². The van der Waals surface area contributed by atoms with Crippen molar-refractivity contribution in [1.29, 1.82) is 0 Å². The average Bonchev–Trinajstić information content (AvgIpc) is 2.44. The van der Waals surface area contributed by atoms with Gasteiger partial charge in [-0.1, -0.05) is 11.6 Å². The van der Waals surface area contributed by atoms with Gasteiger partial charge in [0, 0.05) is 25.6 Å². The average molecular weight is 281 g/mol. The van der Waals surface area contributed by atoms with Crippen molar-refractivity contribution in [3.8, 4) is 23.8 Å². The smallest absolute Gasteiger partial charge is 0.179 e. The summed E-state index contributed by atoms with van der Waals surface area (Å²) in [4.78, 5) is 0. The van der Waals surface area contributed by atoms with Gasteiger partial charge in [0.15, 0.2) is 11.5 Å². The van der Waals surface area contributed by atoms with Crippen LogP contribution in [0.1, 0.15) is 18.0 Å². The molecule has 1 aromatic rings. The highest BCUT2D eigenvalue weighted by molar-refractivity contribution is 6.32. The number of halogens is 1. The molecule has 3 N–H and O–H groups in total. The molecule has 0 saturated heterocycles. The number of rotatable bonds is 5. The Balaban J connectivity index is 2.18. The standard InChI is InChI=1S/C14H17ClN2O2/c1-2-3-4-17-12(9-16)10-7-11(15)14-13(8-10)18-5-6-19-14/h1,7-8,12,17H,3-6,9,16H2. The van der Waals surface area contributed by atoms with E-state index in [0.717, 1.165) is 5.56 Å². The Labute approximate surface area is 118 Å². The zero-order chi connectivity index (χ0) is 13.7. The molecule has 19 heavy (non-hydrogen) atoms. The normalized spacial score (nSPS) is 14.8. The molecule has 5 heteroatoms. The topological polar surface area (TPSA) is 56.5 Å². The summed E-state index contributed by atoms with van der Waals surface area (Å²) in [6.07, 6.45) is 5.89. The fourth-order valence-corrected chi connectivity index (χ4v) is 2.26. The lowest BCUT2D eigenvalue weighted by molar-refractivity contribution is 0.171. The monoisotopic (exact) mass is 280 g/mol. The first kappa shape index (κ1) is 14.0. The largest absolute Gasteiger partial charge is 0.486 e. The molecule has 1 unspecified atom stereocenters. The number of nitrogens with one attached hydrogen (secondary N) is 1. The van der Waals surface area contributed by atoms with E-state index in [1.54, 1.807) is 0 Å². The molecule has 1 aromatic carbocycles. The van der Waals surface area contributed by atoms with Crippen molar-refractivity contribution in [2.45, 2.75) is 12.5 Å². The molecule has 1 aliphatic heterocycles. The molecule has 0 bridgehead atoms. The number of hydrogen-bond donors (Lipinski definition) is 2. The third kappa shape index (κ3) is 3.32. The van der Waals surface area contributed by atoms with Crippen LogP contribution in [0.4, 0.5) is 0 Å². The number of terminal acetylenes is 1. The minimum Gasteiger partial charge on any atom is -0.486 e. The molecular weight excluding hydrogens is 264 g/mol. The quantitative estimate of drug-likeness (QED) is 0.637. The maximum atomic E-state index is 6.20. The van der Waals surface area contributed by atoms with Crippen LogP contribution in [0.15, 0.2) is 12.1 Å². The lowest BCUT2D eigenvalue weighted by atomic mass is 10.1. The van der Waals surface area contributed by atoms with Gasteiger partial charge in [-0.05, 0) is 17.7 Å². The summed E-state index contributed by atoms with van der Waals surface area (Å²) in [7, 11) is 0. The molecular formula is C14H17ClN2O2. The lowest BCUT2D eigenvalue weighted by Gasteiger charge is -2.23. The molecule has 0 aromatic heterocycles. The SMILES string of the molecule is C#CCCNC(CN)c1cc(Cl)c2c(c1)OCCO2. The Hall–Kier alpha value is -1.41. The Bertz CT molecular complexity index is 485. The minimum absolute atomic E-state index is 0.00155. The van der Waals surface area contributed by atoms with Gasteiger partial charge in [0.1, 0.15) is 13.2 Å². The first-order valence-corrected chi connectivity index (χ1v) is 6.60. The van der Waals surface area contributed by atoms with Crippen molar-refractivity contribution in [3.05, 3.63) is 22.7 Å². The minimum atomic E-state index is 0.00155. The summed E-state index contributed by atoms with van der Waals surface area (Å²) >= 11 is 6.20. The molecule has 1 aliphatic rings. The molecule has 0 amide bonds. The van der Waals surface area contributed by atoms with Gasteiger partial charge < -0.3 is 20.5 Å². The van der Waals surface area contributed by atoms with Crippen molar-refractivity contribution in [1.82, 2.24) is 5.32 Å². The van der Waals surface area contributed by atoms with Gasteiger partial charge in [0.25, 0.3) is 0 Å². The van der Waals surface area contributed by atoms with Crippen LogP contribution < -0.4 is 20.5 Å². The van der Waals surface area contributed by atoms with E-state index in [4.69, 9.17) is 33.2 Å². The number of fused-ring (bicyclic) bond motifs is 1. The molecule has 2 rings (SSSR count). The van der Waals surface area contributed by atoms with Crippen LogP contribution in [-0.2, 0) is 0 Å². The zero-order valence-electron chi connectivity index (χ0n) is 10.6. The maximum absolute atomic E-state index is 6.20. The van der Waals surface area contributed by atoms with Gasteiger partial charge in [0.05, 0.1) is 5.02 Å². The van der Waals surface area contributed by atoms with Gasteiger partial charge in [-0.25, -0.2) is 0 Å². The Kier molecular flexibility index (Phi) is 4.92. The molecule has 0 spiro atoms. The Morgan fingerprint density at radius 3 is 2.95 bits per heavy atom. The van der Waals surface area contributed by atoms with Gasteiger partial charge in [-0.2, -0.15) is 0 Å². The predicted octanol–water partition coefficient (Wildman–Crippen LogP) is 1.72. The molecule has 102 valence electrons. The lowest BCUT2D eigenvalue weighted by Crippen LogP contribution is -2.29. The van der Waals surface area contributed by atoms with Crippen molar-refractivity contribution < 1.29 is 9.47 Å². The Morgan fingerprint density at radius 2 is 2.21 bits per heavy atom. The maximum Gasteiger partial charge on any atom is 0.179 e. The zero-order valence-corrected chi connectivity index (χ0v) is 11.4. The van der Waals surface area contributed by atoms with Crippen LogP contribution in [0.2, 0.25) is 5.02 Å². The van der Waals surface area contributed by atoms with Gasteiger partial charge in [-0.3, -0.25) is 0 Å². The molecule has 0 aliphatic carbocycles. The summed E-state index contributed by atoms with van der Waals surface area (Å²) in [6.45, 7) is 2.22. The highest BCUT2D eigenvalue weighted by Gasteiger charge is 2.19. The number of benzene rings is 1. The van der Waals surface area contributed by atoms with E-state index in [1.807, 2.05) is 12.1 Å². The second-order valence-electron chi connectivity index (χ2n) is 4.22. The first-order valence-electron chi connectivity index (χ1n) is 6.22. The van der Waals surface area contributed by atoms with Crippen molar-refractivity contribution in [3.63, 3.8) is 0 Å². The second-order valence-corrected chi connectivity index (χ2v) is 4.63. The van der Waals surface area contributed by atoms with E-state index in [0.29, 0.717) is 49.2 Å². The van der Waals surface area contributed by atoms with E-state index in [9.17, 15) is 0 Å². The van der Waals surface area contributed by atoms with Crippen LogP contribution in [-0.4, -0.2) is 26.3 Å². The number of hydrogen-bond acceptors (Lipinski definition) is 4. The van der Waals surface area contributed by atoms with Crippen LogP contribution in [0.3, 0.4) is 0 Å². The number of ether oxygens (including phenoxy) is 2. The van der Waals surface area contributed by atoms with E-state index in [2.05, 4.69) is 11.2 Å². The summed E-state index contributed by atoms with van der Waals surface area (Å²) in [5.41, 5.74) is 6.76. The highest BCUT2D eigenvalue weighted by atomic mass is 35.5.